The predicted octanol–water partition coefficient (Wildman–Crippen LogP) is 5.01. The van der Waals surface area contributed by atoms with E-state index in [4.69, 9.17) is 4.42 Å². The summed E-state index contributed by atoms with van der Waals surface area (Å²) in [6.07, 6.45) is 5.74. The standard InChI is InChI=1S/C18H25NOS/c1-2-19-16(13-21-12-14-7-3-4-8-14)18-11-15-9-5-6-10-17(15)20-18/h5-6,9-11,14,16,19H,2-4,7-8,12-13H2,1H3. The molecule has 0 radical (unpaired) electrons. The second kappa shape index (κ2) is 7.37. The minimum atomic E-state index is 0.328. The van der Waals surface area contributed by atoms with Crippen LogP contribution in [0.1, 0.15) is 44.4 Å². The Bertz CT molecular complexity index is 526. The summed E-state index contributed by atoms with van der Waals surface area (Å²) in [5.74, 6) is 4.44. The van der Waals surface area contributed by atoms with Gasteiger partial charge in [-0.3, -0.25) is 0 Å². The highest BCUT2D eigenvalue weighted by atomic mass is 32.2. The number of fused-ring (bicyclic) bond motifs is 1. The lowest BCUT2D eigenvalue weighted by Crippen LogP contribution is -2.22. The normalized spacial score (nSPS) is 17.6. The van der Waals surface area contributed by atoms with Crippen molar-refractivity contribution in [2.24, 2.45) is 5.92 Å². The average Bonchev–Trinajstić information content (AvgIpc) is 3.15. The molecule has 1 aliphatic rings. The number of nitrogens with one attached hydrogen (secondary N) is 1. The Hall–Kier alpha value is -0.930. The number of thioether (sulfide) groups is 1. The number of hydrogen-bond donors (Lipinski definition) is 1. The molecule has 3 heteroatoms. The third-order valence-electron chi connectivity index (χ3n) is 4.35. The highest BCUT2D eigenvalue weighted by Crippen LogP contribution is 2.30. The molecule has 3 rings (SSSR count). The molecule has 21 heavy (non-hydrogen) atoms. The van der Waals surface area contributed by atoms with Crippen LogP contribution in [0.2, 0.25) is 0 Å². The fourth-order valence-electron chi connectivity index (χ4n) is 3.19. The Labute approximate surface area is 131 Å². The lowest BCUT2D eigenvalue weighted by Gasteiger charge is -2.16. The number of benzene rings is 1. The molecule has 0 aliphatic heterocycles. The summed E-state index contributed by atoms with van der Waals surface area (Å²) < 4.78 is 6.03. The summed E-state index contributed by atoms with van der Waals surface area (Å²) in [7, 11) is 0. The van der Waals surface area contributed by atoms with Crippen molar-refractivity contribution in [2.45, 2.75) is 38.6 Å². The Morgan fingerprint density at radius 1 is 1.29 bits per heavy atom. The third-order valence-corrected chi connectivity index (χ3v) is 5.63. The Morgan fingerprint density at radius 3 is 2.86 bits per heavy atom. The second-order valence-electron chi connectivity index (χ2n) is 5.98. The number of hydrogen-bond acceptors (Lipinski definition) is 3. The number of rotatable bonds is 7. The minimum Gasteiger partial charge on any atom is -0.459 e. The van der Waals surface area contributed by atoms with Crippen LogP contribution < -0.4 is 5.32 Å². The molecule has 2 aromatic rings. The molecular formula is C18H25NOS. The maximum Gasteiger partial charge on any atom is 0.134 e. The predicted molar refractivity (Wildman–Crippen MR) is 91.9 cm³/mol. The van der Waals surface area contributed by atoms with Gasteiger partial charge >= 0.3 is 0 Å². The summed E-state index contributed by atoms with van der Waals surface area (Å²) in [4.78, 5) is 0. The Kier molecular flexibility index (Phi) is 5.26. The first kappa shape index (κ1) is 15.0. The lowest BCUT2D eigenvalue weighted by molar-refractivity contribution is 0.463. The molecule has 1 heterocycles. The van der Waals surface area contributed by atoms with Crippen molar-refractivity contribution in [2.75, 3.05) is 18.1 Å². The van der Waals surface area contributed by atoms with Crippen LogP contribution in [0.5, 0.6) is 0 Å². The molecule has 0 spiro atoms. The Balaban J connectivity index is 1.62. The zero-order valence-corrected chi connectivity index (χ0v) is 13.6. The van der Waals surface area contributed by atoms with Gasteiger partial charge in [0.1, 0.15) is 11.3 Å². The minimum absolute atomic E-state index is 0.328. The first-order valence-corrected chi connectivity index (χ1v) is 9.32. The van der Waals surface area contributed by atoms with E-state index >= 15 is 0 Å². The number of furan rings is 1. The number of para-hydroxylation sites is 1. The van der Waals surface area contributed by atoms with Crippen molar-refractivity contribution >= 4 is 22.7 Å². The van der Waals surface area contributed by atoms with Crippen molar-refractivity contribution in [1.29, 1.82) is 0 Å². The summed E-state index contributed by atoms with van der Waals surface area (Å²) in [6.45, 7) is 3.14. The zero-order valence-electron chi connectivity index (χ0n) is 12.8. The van der Waals surface area contributed by atoms with Gasteiger partial charge in [-0.1, -0.05) is 38.0 Å². The molecule has 0 bridgehead atoms. The molecule has 1 unspecified atom stereocenters. The molecule has 1 aromatic carbocycles. The van der Waals surface area contributed by atoms with E-state index in [2.05, 4.69) is 42.2 Å². The molecule has 1 N–H and O–H groups in total. The van der Waals surface area contributed by atoms with Crippen molar-refractivity contribution in [3.8, 4) is 0 Å². The molecule has 0 amide bonds. The van der Waals surface area contributed by atoms with E-state index in [0.717, 1.165) is 29.6 Å². The molecular weight excluding hydrogens is 278 g/mol. The van der Waals surface area contributed by atoms with Gasteiger partial charge in [0.15, 0.2) is 0 Å². The van der Waals surface area contributed by atoms with Crippen molar-refractivity contribution in [3.05, 3.63) is 36.1 Å². The lowest BCUT2D eigenvalue weighted by atomic mass is 10.1. The van der Waals surface area contributed by atoms with E-state index in [9.17, 15) is 0 Å². The topological polar surface area (TPSA) is 25.2 Å². The molecule has 1 aliphatic carbocycles. The van der Waals surface area contributed by atoms with E-state index in [1.807, 2.05) is 12.1 Å². The summed E-state index contributed by atoms with van der Waals surface area (Å²) in [6, 6.07) is 10.8. The molecule has 1 aromatic heterocycles. The van der Waals surface area contributed by atoms with Crippen LogP contribution in [0, 0.1) is 5.92 Å². The average molecular weight is 303 g/mol. The molecule has 1 atom stereocenters. The van der Waals surface area contributed by atoms with Crippen LogP contribution in [0.25, 0.3) is 11.0 Å². The fourth-order valence-corrected chi connectivity index (χ4v) is 4.51. The summed E-state index contributed by atoms with van der Waals surface area (Å²) in [5.41, 5.74) is 0.996. The fraction of sp³-hybridized carbons (Fsp3) is 0.556. The first-order valence-electron chi connectivity index (χ1n) is 8.16. The van der Waals surface area contributed by atoms with E-state index in [-0.39, 0.29) is 0 Å². The molecule has 1 fully saturated rings. The summed E-state index contributed by atoms with van der Waals surface area (Å²) in [5, 5.41) is 4.78. The third kappa shape index (κ3) is 3.83. The summed E-state index contributed by atoms with van der Waals surface area (Å²) >= 11 is 2.08. The highest BCUT2D eigenvalue weighted by Gasteiger charge is 2.18. The van der Waals surface area contributed by atoms with Crippen LogP contribution in [0.3, 0.4) is 0 Å². The van der Waals surface area contributed by atoms with Gasteiger partial charge in [-0.05, 0) is 43.2 Å². The maximum atomic E-state index is 6.03. The largest absolute Gasteiger partial charge is 0.459 e. The SMILES string of the molecule is CCNC(CSCC1CCCC1)c1cc2ccccc2o1. The van der Waals surface area contributed by atoms with Gasteiger partial charge in [0.25, 0.3) is 0 Å². The van der Waals surface area contributed by atoms with Gasteiger partial charge in [-0.25, -0.2) is 0 Å². The van der Waals surface area contributed by atoms with Crippen molar-refractivity contribution < 1.29 is 4.42 Å². The van der Waals surface area contributed by atoms with Gasteiger partial charge in [0, 0.05) is 11.1 Å². The van der Waals surface area contributed by atoms with Gasteiger partial charge < -0.3 is 9.73 Å². The van der Waals surface area contributed by atoms with E-state index in [1.165, 1.54) is 36.8 Å². The monoisotopic (exact) mass is 303 g/mol. The van der Waals surface area contributed by atoms with Crippen LogP contribution in [0.4, 0.5) is 0 Å². The van der Waals surface area contributed by atoms with Gasteiger partial charge in [0.2, 0.25) is 0 Å². The maximum absolute atomic E-state index is 6.03. The second-order valence-corrected chi connectivity index (χ2v) is 7.06. The van der Waals surface area contributed by atoms with Gasteiger partial charge in [-0.15, -0.1) is 0 Å². The van der Waals surface area contributed by atoms with Gasteiger partial charge in [-0.2, -0.15) is 11.8 Å². The highest BCUT2D eigenvalue weighted by molar-refractivity contribution is 7.99. The zero-order chi connectivity index (χ0) is 14.5. The molecule has 2 nitrogen and oxygen atoms in total. The quantitative estimate of drug-likeness (QED) is 0.778. The van der Waals surface area contributed by atoms with Crippen LogP contribution in [-0.4, -0.2) is 18.1 Å². The molecule has 1 saturated carbocycles. The van der Waals surface area contributed by atoms with Crippen LogP contribution in [0.15, 0.2) is 34.7 Å². The van der Waals surface area contributed by atoms with Crippen LogP contribution >= 0.6 is 11.8 Å². The molecule has 0 saturated heterocycles. The van der Waals surface area contributed by atoms with E-state index < -0.39 is 0 Å². The van der Waals surface area contributed by atoms with Crippen molar-refractivity contribution in [1.82, 2.24) is 5.32 Å². The van der Waals surface area contributed by atoms with Gasteiger partial charge in [0.05, 0.1) is 6.04 Å². The van der Waals surface area contributed by atoms with E-state index in [1.54, 1.807) is 0 Å². The van der Waals surface area contributed by atoms with Crippen molar-refractivity contribution in [3.63, 3.8) is 0 Å². The van der Waals surface area contributed by atoms with E-state index in [0.29, 0.717) is 6.04 Å². The van der Waals surface area contributed by atoms with Crippen LogP contribution in [-0.2, 0) is 0 Å². The smallest absolute Gasteiger partial charge is 0.134 e. The molecule has 114 valence electrons. The Morgan fingerprint density at radius 2 is 2.10 bits per heavy atom. The first-order chi connectivity index (χ1) is 10.4.